The van der Waals surface area contributed by atoms with E-state index in [4.69, 9.17) is 4.74 Å². The van der Waals surface area contributed by atoms with Crippen LogP contribution in [0, 0.1) is 0 Å². The maximum atomic E-state index is 12.5. The molecule has 2 aromatic carbocycles. The Labute approximate surface area is 168 Å². The first-order valence-electron chi connectivity index (χ1n) is 8.91. The molecule has 1 amide bonds. The molecule has 8 heteroatoms. The summed E-state index contributed by atoms with van der Waals surface area (Å²) in [5.41, 5.74) is 1.68. The smallest absolute Gasteiger partial charge is 0.252 e. The number of ether oxygens (including phenoxy) is 1. The summed E-state index contributed by atoms with van der Waals surface area (Å²) in [5.74, 6) is 0.592. The van der Waals surface area contributed by atoms with Gasteiger partial charge in [-0.2, -0.15) is 4.99 Å². The highest BCUT2D eigenvalue weighted by molar-refractivity contribution is 8.16. The maximum absolute atomic E-state index is 12.5. The number of benzene rings is 2. The fraction of sp³-hybridized carbons (Fsp3) is 0.300. The molecule has 2 heterocycles. The minimum atomic E-state index is -3.10. The lowest BCUT2D eigenvalue weighted by atomic mass is 10.1. The number of carbonyl (C=O) groups is 1. The third kappa shape index (κ3) is 3.93. The lowest BCUT2D eigenvalue weighted by Crippen LogP contribution is -2.37. The van der Waals surface area contributed by atoms with E-state index in [-0.39, 0.29) is 35.1 Å². The number of aliphatic imine (C=N–C) groups is 1. The zero-order valence-corrected chi connectivity index (χ0v) is 16.9. The number of rotatable bonds is 4. The largest absolute Gasteiger partial charge is 0.497 e. The Bertz CT molecular complexity index is 1020. The molecule has 146 valence electrons. The fourth-order valence-electron chi connectivity index (χ4n) is 3.54. The minimum absolute atomic E-state index is 0.0633. The van der Waals surface area contributed by atoms with Crippen molar-refractivity contribution in [2.24, 2.45) is 4.99 Å². The Hall–Kier alpha value is -2.32. The second kappa shape index (κ2) is 7.60. The van der Waals surface area contributed by atoms with Crippen molar-refractivity contribution in [3.8, 4) is 5.75 Å². The number of hydrogen-bond donors (Lipinski definition) is 0. The van der Waals surface area contributed by atoms with E-state index >= 15 is 0 Å². The molecule has 0 saturated carbocycles. The third-order valence-electron chi connectivity index (χ3n) is 4.82. The molecular formula is C20H20N2O4S2. The summed E-state index contributed by atoms with van der Waals surface area (Å²) in [6.45, 7) is 0. The summed E-state index contributed by atoms with van der Waals surface area (Å²) >= 11 is 1.37. The van der Waals surface area contributed by atoms with Gasteiger partial charge < -0.3 is 9.64 Å². The van der Waals surface area contributed by atoms with Gasteiger partial charge in [0.05, 0.1) is 31.1 Å². The number of nitrogens with zero attached hydrogens (tertiary/aromatic N) is 2. The van der Waals surface area contributed by atoms with Crippen molar-refractivity contribution in [3.63, 3.8) is 0 Å². The highest BCUT2D eigenvalue weighted by Crippen LogP contribution is 2.41. The van der Waals surface area contributed by atoms with Crippen LogP contribution in [0.3, 0.4) is 0 Å². The van der Waals surface area contributed by atoms with Crippen LogP contribution >= 0.6 is 11.8 Å². The molecule has 4 rings (SSSR count). The lowest BCUT2D eigenvalue weighted by Gasteiger charge is -2.24. The second-order valence-corrected chi connectivity index (χ2v) is 10.2. The molecule has 0 N–H and O–H groups in total. The molecule has 0 spiro atoms. The van der Waals surface area contributed by atoms with Gasteiger partial charge in [0.25, 0.3) is 5.91 Å². The van der Waals surface area contributed by atoms with E-state index in [1.165, 1.54) is 11.8 Å². The van der Waals surface area contributed by atoms with Crippen molar-refractivity contribution in [2.45, 2.75) is 17.7 Å². The monoisotopic (exact) mass is 416 g/mol. The average Bonchev–Trinajstić information content (AvgIpc) is 3.13. The van der Waals surface area contributed by atoms with Crippen LogP contribution in [0.5, 0.6) is 5.75 Å². The van der Waals surface area contributed by atoms with Crippen LogP contribution in [0.25, 0.3) is 0 Å². The van der Waals surface area contributed by atoms with Gasteiger partial charge in [0.2, 0.25) is 0 Å². The second-order valence-electron chi connectivity index (χ2n) is 6.82. The van der Waals surface area contributed by atoms with Crippen molar-refractivity contribution >= 4 is 38.4 Å². The van der Waals surface area contributed by atoms with Crippen LogP contribution in [-0.2, 0) is 21.1 Å². The fourth-order valence-corrected chi connectivity index (χ4v) is 7.47. The van der Waals surface area contributed by atoms with Gasteiger partial charge in [-0.15, -0.1) is 0 Å². The average molecular weight is 417 g/mol. The quantitative estimate of drug-likeness (QED) is 0.762. The van der Waals surface area contributed by atoms with Crippen molar-refractivity contribution in [2.75, 3.05) is 23.5 Å². The molecule has 6 nitrogen and oxygen atoms in total. The van der Waals surface area contributed by atoms with E-state index in [1.54, 1.807) is 7.11 Å². The number of methoxy groups -OCH3 is 1. The van der Waals surface area contributed by atoms with Gasteiger partial charge in [-0.3, -0.25) is 4.79 Å². The summed E-state index contributed by atoms with van der Waals surface area (Å²) in [4.78, 5) is 18.8. The molecule has 2 saturated heterocycles. The van der Waals surface area contributed by atoms with E-state index in [9.17, 15) is 13.2 Å². The highest BCUT2D eigenvalue weighted by Gasteiger charge is 2.49. The molecule has 2 aromatic rings. The molecular weight excluding hydrogens is 396 g/mol. The van der Waals surface area contributed by atoms with Gasteiger partial charge in [-0.1, -0.05) is 48.2 Å². The Morgan fingerprint density at radius 1 is 1.18 bits per heavy atom. The number of amidine groups is 1. The number of hydrogen-bond acceptors (Lipinski definition) is 5. The van der Waals surface area contributed by atoms with Crippen LogP contribution in [0.2, 0.25) is 0 Å². The summed E-state index contributed by atoms with van der Waals surface area (Å²) in [7, 11) is -1.51. The van der Waals surface area contributed by atoms with Gasteiger partial charge in [0, 0.05) is 17.0 Å². The molecule has 2 fully saturated rings. The number of carbonyl (C=O) groups excluding carboxylic acids is 1. The van der Waals surface area contributed by atoms with Gasteiger partial charge in [-0.25, -0.2) is 8.42 Å². The van der Waals surface area contributed by atoms with E-state index in [1.807, 2.05) is 59.5 Å². The Morgan fingerprint density at radius 2 is 1.96 bits per heavy atom. The number of sulfone groups is 1. The molecule has 28 heavy (non-hydrogen) atoms. The van der Waals surface area contributed by atoms with Crippen molar-refractivity contribution in [3.05, 3.63) is 60.2 Å². The van der Waals surface area contributed by atoms with E-state index in [0.717, 1.165) is 11.3 Å². The van der Waals surface area contributed by atoms with Crippen LogP contribution in [0.1, 0.15) is 5.56 Å². The van der Waals surface area contributed by atoms with Crippen LogP contribution < -0.4 is 9.64 Å². The Morgan fingerprint density at radius 3 is 2.71 bits per heavy atom. The molecule has 2 aliphatic rings. The SMILES string of the molecule is COc1cccc(N2C(=NC(=O)Cc3ccccc3)S[C@@H]3CS(=O)(=O)C[C@@H]32)c1. The summed E-state index contributed by atoms with van der Waals surface area (Å²) in [6.07, 6.45) is 0.213. The van der Waals surface area contributed by atoms with E-state index in [2.05, 4.69) is 4.99 Å². The van der Waals surface area contributed by atoms with E-state index in [0.29, 0.717) is 10.9 Å². The molecule has 0 unspecified atom stereocenters. The van der Waals surface area contributed by atoms with Crippen LogP contribution in [-0.4, -0.2) is 49.4 Å². The molecule has 0 aliphatic carbocycles. The normalized spacial score (nSPS) is 24.3. The topological polar surface area (TPSA) is 76.0 Å². The summed E-state index contributed by atoms with van der Waals surface area (Å²) in [6, 6.07) is 16.6. The standard InChI is InChI=1S/C20H20N2O4S2/c1-26-16-9-5-8-15(11-16)22-17-12-28(24,25)13-18(17)27-20(22)21-19(23)10-14-6-3-2-4-7-14/h2-9,11,17-18H,10,12-13H2,1H3/t17-,18+/m0/s1. The van der Waals surface area contributed by atoms with Gasteiger partial charge in [-0.05, 0) is 17.7 Å². The predicted molar refractivity (Wildman–Crippen MR) is 112 cm³/mol. The van der Waals surface area contributed by atoms with Gasteiger partial charge >= 0.3 is 0 Å². The summed E-state index contributed by atoms with van der Waals surface area (Å²) < 4.78 is 29.6. The van der Waals surface area contributed by atoms with Gasteiger partial charge in [0.1, 0.15) is 5.75 Å². The maximum Gasteiger partial charge on any atom is 0.252 e. The zero-order chi connectivity index (χ0) is 19.7. The molecule has 2 atom stereocenters. The minimum Gasteiger partial charge on any atom is -0.497 e. The summed E-state index contributed by atoms with van der Waals surface area (Å²) in [5, 5.41) is 0.429. The molecule has 2 aliphatic heterocycles. The molecule has 0 radical (unpaired) electrons. The van der Waals surface area contributed by atoms with Crippen LogP contribution in [0.15, 0.2) is 59.6 Å². The zero-order valence-electron chi connectivity index (χ0n) is 15.3. The van der Waals surface area contributed by atoms with Crippen LogP contribution in [0.4, 0.5) is 5.69 Å². The Balaban J connectivity index is 1.66. The number of fused-ring (bicyclic) bond motifs is 1. The first-order chi connectivity index (χ1) is 13.4. The van der Waals surface area contributed by atoms with Gasteiger partial charge in [0.15, 0.2) is 15.0 Å². The number of amides is 1. The van der Waals surface area contributed by atoms with Crippen molar-refractivity contribution in [1.82, 2.24) is 0 Å². The highest BCUT2D eigenvalue weighted by atomic mass is 32.2. The third-order valence-corrected chi connectivity index (χ3v) is 8.03. The molecule has 0 bridgehead atoms. The van der Waals surface area contributed by atoms with E-state index < -0.39 is 9.84 Å². The molecule has 0 aromatic heterocycles. The predicted octanol–water partition coefficient (Wildman–Crippen LogP) is 2.54. The lowest BCUT2D eigenvalue weighted by molar-refractivity contribution is -0.117. The first-order valence-corrected chi connectivity index (χ1v) is 11.6. The number of anilines is 1. The van der Waals surface area contributed by atoms with Crippen molar-refractivity contribution in [1.29, 1.82) is 0 Å². The number of thioether (sulfide) groups is 1. The van der Waals surface area contributed by atoms with Crippen molar-refractivity contribution < 1.29 is 17.9 Å². The Kier molecular flexibility index (Phi) is 5.16. The first kappa shape index (κ1) is 19.0.